The second kappa shape index (κ2) is 10.1. The minimum atomic E-state index is -0.642. The molecular weight excluding hydrogens is 496 g/mol. The normalized spacial score (nSPS) is 11.1. The van der Waals surface area contributed by atoms with Crippen molar-refractivity contribution in [2.24, 2.45) is 0 Å². The molecule has 0 unspecified atom stereocenters. The van der Waals surface area contributed by atoms with Gasteiger partial charge in [0.2, 0.25) is 0 Å². The van der Waals surface area contributed by atoms with Crippen LogP contribution in [0.3, 0.4) is 0 Å². The van der Waals surface area contributed by atoms with Crippen LogP contribution in [0.5, 0.6) is 57.5 Å². The molecule has 0 aliphatic carbocycles. The van der Waals surface area contributed by atoms with Crippen LogP contribution in [0.2, 0.25) is 0 Å². The van der Waals surface area contributed by atoms with Gasteiger partial charge in [0.15, 0.2) is 57.5 Å². The number of phenolic OH excluding ortho intramolecular Hbond substituents is 10. The highest BCUT2D eigenvalue weighted by molar-refractivity contribution is 5.76. The van der Waals surface area contributed by atoms with Crippen LogP contribution in [0.1, 0.15) is 22.3 Å². The van der Waals surface area contributed by atoms with E-state index in [-0.39, 0.29) is 37.2 Å². The summed E-state index contributed by atoms with van der Waals surface area (Å²) in [6, 6.07) is 10.5. The van der Waals surface area contributed by atoms with Crippen molar-refractivity contribution in [3.05, 3.63) is 70.8 Å². The van der Waals surface area contributed by atoms with Gasteiger partial charge in [0.05, 0.1) is 0 Å². The third kappa shape index (κ3) is 5.19. The van der Waals surface area contributed by atoms with E-state index < -0.39 is 46.0 Å². The van der Waals surface area contributed by atoms with Gasteiger partial charge in [-0.25, -0.2) is 0 Å². The summed E-state index contributed by atoms with van der Waals surface area (Å²) >= 11 is 0. The van der Waals surface area contributed by atoms with Crippen LogP contribution in [0.25, 0.3) is 11.1 Å². The number of benzene rings is 4. The first-order valence-electron chi connectivity index (χ1n) is 11.5. The lowest BCUT2D eigenvalue weighted by Gasteiger charge is -2.17. The van der Waals surface area contributed by atoms with Crippen molar-refractivity contribution in [3.63, 3.8) is 0 Å². The van der Waals surface area contributed by atoms with Crippen LogP contribution in [0.4, 0.5) is 0 Å². The largest absolute Gasteiger partial charge is 0.504 e. The van der Waals surface area contributed by atoms with Crippen molar-refractivity contribution in [1.82, 2.24) is 0 Å². The van der Waals surface area contributed by atoms with Gasteiger partial charge in [0.1, 0.15) is 0 Å². The fourth-order valence-corrected chi connectivity index (χ4v) is 4.32. The minimum absolute atomic E-state index is 0.244. The van der Waals surface area contributed by atoms with Crippen molar-refractivity contribution in [2.75, 3.05) is 0 Å². The molecule has 0 saturated carbocycles. The predicted octanol–water partition coefficient (Wildman–Crippen LogP) is 3.98. The van der Waals surface area contributed by atoms with Crippen LogP contribution in [-0.4, -0.2) is 51.1 Å². The average molecular weight is 523 g/mol. The summed E-state index contributed by atoms with van der Waals surface area (Å²) in [5, 5.41) is 99.2. The molecule has 4 aromatic carbocycles. The summed E-state index contributed by atoms with van der Waals surface area (Å²) in [6.45, 7) is 0. The molecule has 0 fully saturated rings. The highest BCUT2D eigenvalue weighted by Crippen LogP contribution is 2.42. The zero-order chi connectivity index (χ0) is 27.7. The summed E-state index contributed by atoms with van der Waals surface area (Å²) in [5.74, 6) is -4.88. The molecule has 4 rings (SSSR count). The van der Waals surface area contributed by atoms with Crippen LogP contribution in [-0.2, 0) is 25.7 Å². The lowest BCUT2D eigenvalue weighted by Crippen LogP contribution is -1.99. The molecule has 0 heterocycles. The van der Waals surface area contributed by atoms with Crippen molar-refractivity contribution >= 4 is 0 Å². The van der Waals surface area contributed by atoms with Gasteiger partial charge in [-0.15, -0.1) is 0 Å². The van der Waals surface area contributed by atoms with E-state index in [1.54, 1.807) is 0 Å². The van der Waals surface area contributed by atoms with Gasteiger partial charge in [0.25, 0.3) is 0 Å². The van der Waals surface area contributed by atoms with Crippen LogP contribution in [0.15, 0.2) is 48.5 Å². The van der Waals surface area contributed by atoms with E-state index in [2.05, 4.69) is 0 Å². The number of aromatic hydroxyl groups is 10. The smallest absolute Gasteiger partial charge is 0.200 e. The molecule has 0 atom stereocenters. The first kappa shape index (κ1) is 26.0. The molecular formula is C28H26O10. The Bertz CT molecular complexity index is 1370. The summed E-state index contributed by atoms with van der Waals surface area (Å²) in [4.78, 5) is 0. The fourth-order valence-electron chi connectivity index (χ4n) is 4.32. The second-order valence-corrected chi connectivity index (χ2v) is 8.96. The molecule has 0 spiro atoms. The van der Waals surface area contributed by atoms with Gasteiger partial charge in [0, 0.05) is 0 Å². The molecule has 0 aliphatic heterocycles. The summed E-state index contributed by atoms with van der Waals surface area (Å²) in [6.07, 6.45) is 0.995. The molecule has 10 heteroatoms. The third-order valence-electron chi connectivity index (χ3n) is 6.32. The Labute approximate surface area is 216 Å². The van der Waals surface area contributed by atoms with Gasteiger partial charge >= 0.3 is 0 Å². The van der Waals surface area contributed by atoms with Crippen molar-refractivity contribution in [1.29, 1.82) is 0 Å². The van der Waals surface area contributed by atoms with Gasteiger partial charge in [-0.1, -0.05) is 0 Å². The van der Waals surface area contributed by atoms with Crippen molar-refractivity contribution in [2.45, 2.75) is 25.7 Å². The topological polar surface area (TPSA) is 202 Å². The lowest BCUT2D eigenvalue weighted by molar-refractivity contribution is 0.367. The van der Waals surface area contributed by atoms with E-state index in [0.29, 0.717) is 33.4 Å². The maximum Gasteiger partial charge on any atom is 0.200 e. The van der Waals surface area contributed by atoms with Crippen molar-refractivity contribution < 1.29 is 51.1 Å². The van der Waals surface area contributed by atoms with Crippen LogP contribution < -0.4 is 0 Å². The monoisotopic (exact) mass is 522 g/mol. The summed E-state index contributed by atoms with van der Waals surface area (Å²) in [7, 11) is 0. The van der Waals surface area contributed by atoms with Gasteiger partial charge in [-0.05, 0) is 108 Å². The van der Waals surface area contributed by atoms with E-state index in [0.717, 1.165) is 0 Å². The molecule has 10 nitrogen and oxygen atoms in total. The van der Waals surface area contributed by atoms with E-state index in [4.69, 9.17) is 0 Å². The quantitative estimate of drug-likeness (QED) is 0.158. The maximum atomic E-state index is 10.2. The molecule has 4 aromatic rings. The van der Waals surface area contributed by atoms with Gasteiger partial charge in [-0.3, -0.25) is 0 Å². The Kier molecular flexibility index (Phi) is 6.89. The lowest BCUT2D eigenvalue weighted by atomic mass is 9.89. The standard InChI is InChI=1S/C28H26O10/c29-19-9-15(3-1-13-5-23(33)27(37)24(34)6-13)17(11-21(19)31)18-12-22(32)20(30)10-16(18)4-2-14-7-25(35)28(38)26(36)8-14/h5-12,29-38H,1-4H2. The Morgan fingerprint density at radius 2 is 0.605 bits per heavy atom. The number of phenols is 10. The Hall–Kier alpha value is -5.12. The number of hydrogen-bond donors (Lipinski definition) is 10. The molecule has 198 valence electrons. The molecule has 0 saturated heterocycles. The Balaban J connectivity index is 1.72. The molecule has 0 bridgehead atoms. The Morgan fingerprint density at radius 3 is 0.921 bits per heavy atom. The third-order valence-corrected chi connectivity index (χ3v) is 6.32. The van der Waals surface area contributed by atoms with E-state index >= 15 is 0 Å². The van der Waals surface area contributed by atoms with E-state index in [9.17, 15) is 51.1 Å². The van der Waals surface area contributed by atoms with Gasteiger partial charge in [-0.2, -0.15) is 0 Å². The molecule has 0 radical (unpaired) electrons. The van der Waals surface area contributed by atoms with E-state index in [1.165, 1.54) is 48.5 Å². The molecule has 0 aromatic heterocycles. The van der Waals surface area contributed by atoms with E-state index in [1.807, 2.05) is 0 Å². The number of hydrogen-bond acceptors (Lipinski definition) is 10. The molecule has 38 heavy (non-hydrogen) atoms. The number of rotatable bonds is 7. The Morgan fingerprint density at radius 1 is 0.316 bits per heavy atom. The van der Waals surface area contributed by atoms with Gasteiger partial charge < -0.3 is 51.1 Å². The molecule has 0 aliphatic rings. The zero-order valence-corrected chi connectivity index (χ0v) is 19.9. The first-order valence-corrected chi connectivity index (χ1v) is 11.5. The van der Waals surface area contributed by atoms with Crippen LogP contribution in [0, 0.1) is 0 Å². The second-order valence-electron chi connectivity index (χ2n) is 8.96. The predicted molar refractivity (Wildman–Crippen MR) is 136 cm³/mol. The fraction of sp³-hybridized carbons (Fsp3) is 0.143. The highest BCUT2D eigenvalue weighted by atomic mass is 16.3. The summed E-state index contributed by atoms with van der Waals surface area (Å²) < 4.78 is 0. The SMILES string of the molecule is Oc1cc(CCc2cc(O)c(O)c(O)c2)c(-c2cc(O)c(O)cc2CCc2cc(O)c(O)c(O)c2)cc1O. The zero-order valence-electron chi connectivity index (χ0n) is 19.9. The van der Waals surface area contributed by atoms with Crippen molar-refractivity contribution in [3.8, 4) is 68.6 Å². The summed E-state index contributed by atoms with van der Waals surface area (Å²) in [5.41, 5.74) is 2.87. The maximum absolute atomic E-state index is 10.2. The minimum Gasteiger partial charge on any atom is -0.504 e. The average Bonchev–Trinajstić information content (AvgIpc) is 2.86. The molecule has 10 N–H and O–H groups in total. The first-order chi connectivity index (χ1) is 17.9. The molecule has 0 amide bonds. The number of aryl methyl sites for hydroxylation is 4. The highest BCUT2D eigenvalue weighted by Gasteiger charge is 2.18. The van der Waals surface area contributed by atoms with Crippen LogP contribution >= 0.6 is 0 Å².